The SMILES string of the molecule is CO[C@@H]1O[C@H](C(=O)C#C[Si](C)(C)C)[C@@H](O[Si](C)(C)C(C)(C)C)[C@H]1O[Si](C)(C)C(C)(C)C. The van der Waals surface area contributed by atoms with Crippen LogP contribution in [0.15, 0.2) is 0 Å². The Morgan fingerprint density at radius 1 is 0.806 bits per heavy atom. The number of hydrogen-bond donors (Lipinski definition) is 0. The maximum atomic E-state index is 13.2. The van der Waals surface area contributed by atoms with E-state index >= 15 is 0 Å². The van der Waals surface area contributed by atoms with Crippen molar-refractivity contribution in [1.29, 1.82) is 0 Å². The summed E-state index contributed by atoms with van der Waals surface area (Å²) in [6, 6.07) is 0. The molecular weight excluding hydrogens is 441 g/mol. The number of Topliss-reactive ketones (excluding diaryl/α,β-unsaturated/α-hetero) is 1. The molecule has 0 N–H and O–H groups in total. The fraction of sp³-hybridized carbons (Fsp3) is 0.870. The van der Waals surface area contributed by atoms with Crippen molar-refractivity contribution in [2.45, 2.75) is 122 Å². The monoisotopic (exact) mass is 486 g/mol. The molecule has 0 aromatic rings. The molecule has 180 valence electrons. The van der Waals surface area contributed by atoms with Crippen molar-refractivity contribution in [2.24, 2.45) is 0 Å². The van der Waals surface area contributed by atoms with Crippen LogP contribution in [0.1, 0.15) is 41.5 Å². The van der Waals surface area contributed by atoms with E-state index in [1.165, 1.54) is 0 Å². The van der Waals surface area contributed by atoms with Gasteiger partial charge >= 0.3 is 0 Å². The molecule has 1 rings (SSSR count). The first-order valence-corrected chi connectivity index (χ1v) is 20.6. The number of rotatable bonds is 6. The highest BCUT2D eigenvalue weighted by Crippen LogP contribution is 2.43. The fourth-order valence-corrected chi connectivity index (χ4v) is 5.70. The summed E-state index contributed by atoms with van der Waals surface area (Å²) in [5, 5.41) is -0.0101. The first-order chi connectivity index (χ1) is 13.6. The lowest BCUT2D eigenvalue weighted by atomic mass is 10.1. The fourth-order valence-electron chi connectivity index (χ4n) is 2.63. The molecule has 0 bridgehead atoms. The molecule has 0 unspecified atom stereocenters. The molecule has 1 heterocycles. The molecule has 0 radical (unpaired) electrons. The van der Waals surface area contributed by atoms with Crippen LogP contribution in [0.5, 0.6) is 0 Å². The summed E-state index contributed by atoms with van der Waals surface area (Å²) in [6.45, 7) is 28.3. The Morgan fingerprint density at radius 2 is 1.23 bits per heavy atom. The van der Waals surface area contributed by atoms with Crippen LogP contribution >= 0.6 is 0 Å². The van der Waals surface area contributed by atoms with Gasteiger partial charge in [0, 0.05) is 7.11 Å². The summed E-state index contributed by atoms with van der Waals surface area (Å²) < 4.78 is 25.3. The lowest BCUT2D eigenvalue weighted by Crippen LogP contribution is -2.55. The summed E-state index contributed by atoms with van der Waals surface area (Å²) in [7, 11) is -4.49. The maximum Gasteiger partial charge on any atom is 0.236 e. The number of carbonyl (C=O) groups excluding carboxylic acids is 1. The van der Waals surface area contributed by atoms with E-state index in [4.69, 9.17) is 18.3 Å². The van der Waals surface area contributed by atoms with Crippen molar-refractivity contribution >= 4 is 30.5 Å². The van der Waals surface area contributed by atoms with E-state index in [2.05, 4.69) is 98.8 Å². The number of hydrogen-bond acceptors (Lipinski definition) is 5. The lowest BCUT2D eigenvalue weighted by Gasteiger charge is -2.43. The van der Waals surface area contributed by atoms with Crippen LogP contribution in [0.4, 0.5) is 0 Å². The van der Waals surface area contributed by atoms with Crippen molar-refractivity contribution in [1.82, 2.24) is 0 Å². The molecule has 0 amide bonds. The zero-order chi connectivity index (χ0) is 24.6. The second-order valence-electron chi connectivity index (χ2n) is 12.7. The molecule has 0 spiro atoms. The highest BCUT2D eigenvalue weighted by molar-refractivity contribution is 6.84. The number of ether oxygens (including phenoxy) is 2. The van der Waals surface area contributed by atoms with Crippen molar-refractivity contribution in [3.8, 4) is 11.5 Å². The first kappa shape index (κ1) is 28.8. The summed E-state index contributed by atoms with van der Waals surface area (Å²) in [5.41, 5.74) is 3.17. The zero-order valence-corrected chi connectivity index (χ0v) is 25.4. The van der Waals surface area contributed by atoms with Gasteiger partial charge in [0.1, 0.15) is 20.3 Å². The van der Waals surface area contributed by atoms with E-state index in [1.54, 1.807) is 7.11 Å². The van der Waals surface area contributed by atoms with Gasteiger partial charge in [-0.25, -0.2) is 0 Å². The van der Waals surface area contributed by atoms with Gasteiger partial charge in [-0.2, -0.15) is 0 Å². The standard InChI is InChI=1S/C23H46O5Si3/c1-22(2,3)30(11,12)27-19-18(17(24)15-16-29(8,9)10)26-21(25-7)20(19)28-31(13,14)23(4,5)6/h18-21H,1-14H3/t18-,19-,20-,21-/m1/s1. The van der Waals surface area contributed by atoms with E-state index in [1.807, 2.05) is 0 Å². The Kier molecular flexibility index (Phi) is 8.84. The van der Waals surface area contributed by atoms with Crippen molar-refractivity contribution in [3.63, 3.8) is 0 Å². The van der Waals surface area contributed by atoms with E-state index in [-0.39, 0.29) is 15.9 Å². The summed E-state index contributed by atoms with van der Waals surface area (Å²) in [4.78, 5) is 13.2. The van der Waals surface area contributed by atoms with E-state index in [0.717, 1.165) is 0 Å². The van der Waals surface area contributed by atoms with Crippen LogP contribution in [0.2, 0.25) is 55.9 Å². The number of carbonyl (C=O) groups is 1. The molecular formula is C23H46O5Si3. The quantitative estimate of drug-likeness (QED) is 0.362. The minimum atomic E-state index is -2.21. The summed E-state index contributed by atoms with van der Waals surface area (Å²) in [5.74, 6) is 2.62. The zero-order valence-electron chi connectivity index (χ0n) is 22.4. The summed E-state index contributed by atoms with van der Waals surface area (Å²) in [6.07, 6.45) is -2.48. The Balaban J connectivity index is 3.43. The van der Waals surface area contributed by atoms with Gasteiger partial charge in [0.2, 0.25) is 5.78 Å². The van der Waals surface area contributed by atoms with E-state index < -0.39 is 49.3 Å². The summed E-state index contributed by atoms with van der Waals surface area (Å²) >= 11 is 0. The van der Waals surface area contributed by atoms with Crippen LogP contribution in [0.25, 0.3) is 0 Å². The molecule has 5 nitrogen and oxygen atoms in total. The second-order valence-corrected chi connectivity index (χ2v) is 27.0. The highest BCUT2D eigenvalue weighted by atomic mass is 28.4. The number of ketones is 1. The molecule has 31 heavy (non-hydrogen) atoms. The third-order valence-electron chi connectivity index (χ3n) is 6.70. The van der Waals surface area contributed by atoms with Crippen LogP contribution < -0.4 is 0 Å². The van der Waals surface area contributed by atoms with Crippen molar-refractivity contribution in [3.05, 3.63) is 0 Å². The Labute approximate surface area is 194 Å². The minimum absolute atomic E-state index is 0.00650. The molecule has 0 aliphatic carbocycles. The Morgan fingerprint density at radius 3 is 1.58 bits per heavy atom. The Bertz CT molecular complexity index is 702. The van der Waals surface area contributed by atoms with Gasteiger partial charge in [-0.3, -0.25) is 4.79 Å². The molecule has 4 atom stereocenters. The molecule has 1 aliphatic heterocycles. The smallest absolute Gasteiger partial charge is 0.236 e. The van der Waals surface area contributed by atoms with Gasteiger partial charge in [-0.1, -0.05) is 61.2 Å². The predicted octanol–water partition coefficient (Wildman–Crippen LogP) is 5.59. The van der Waals surface area contributed by atoms with Crippen molar-refractivity contribution in [2.75, 3.05) is 7.11 Å². The second kappa shape index (κ2) is 9.53. The van der Waals surface area contributed by atoms with Gasteiger partial charge in [0.05, 0.1) is 0 Å². The first-order valence-electron chi connectivity index (χ1n) is 11.2. The average Bonchev–Trinajstić information content (AvgIpc) is 2.86. The van der Waals surface area contributed by atoms with Crippen molar-refractivity contribution < 1.29 is 23.1 Å². The largest absolute Gasteiger partial charge is 0.408 e. The third kappa shape index (κ3) is 7.36. The molecule has 0 aromatic heterocycles. The predicted molar refractivity (Wildman–Crippen MR) is 136 cm³/mol. The topological polar surface area (TPSA) is 54.0 Å². The molecule has 1 aliphatic rings. The number of methoxy groups -OCH3 is 1. The highest BCUT2D eigenvalue weighted by Gasteiger charge is 2.55. The molecule has 1 fully saturated rings. The maximum absolute atomic E-state index is 13.2. The van der Waals surface area contributed by atoms with E-state index in [0.29, 0.717) is 0 Å². The van der Waals surface area contributed by atoms with Gasteiger partial charge in [-0.05, 0) is 42.2 Å². The lowest BCUT2D eigenvalue weighted by molar-refractivity contribution is -0.154. The van der Waals surface area contributed by atoms with Crippen LogP contribution in [-0.4, -0.2) is 62.2 Å². The van der Waals surface area contributed by atoms with Crippen LogP contribution in [-0.2, 0) is 23.1 Å². The van der Waals surface area contributed by atoms with Gasteiger partial charge in [0.25, 0.3) is 0 Å². The van der Waals surface area contributed by atoms with Crippen LogP contribution in [0, 0.1) is 11.5 Å². The molecule has 1 saturated heterocycles. The van der Waals surface area contributed by atoms with Gasteiger partial charge < -0.3 is 18.3 Å². The molecule has 0 saturated carbocycles. The Hall–Kier alpha value is -0.279. The van der Waals surface area contributed by atoms with Crippen LogP contribution in [0.3, 0.4) is 0 Å². The third-order valence-corrected chi connectivity index (χ3v) is 16.5. The minimum Gasteiger partial charge on any atom is -0.408 e. The normalized spacial score (nSPS) is 25.9. The average molecular weight is 487 g/mol. The van der Waals surface area contributed by atoms with E-state index in [9.17, 15) is 4.79 Å². The van der Waals surface area contributed by atoms with Gasteiger partial charge in [-0.15, -0.1) is 5.54 Å². The van der Waals surface area contributed by atoms with Gasteiger partial charge in [0.15, 0.2) is 29.0 Å². The molecule has 0 aromatic carbocycles. The molecule has 8 heteroatoms.